The number of hydrogen-bond acceptors (Lipinski definition) is 30. The Hall–Kier alpha value is -20.0. The van der Waals surface area contributed by atoms with Crippen molar-refractivity contribution in [3.05, 3.63) is 408 Å². The van der Waals surface area contributed by atoms with Crippen LogP contribution in [0.5, 0.6) is 11.5 Å². The van der Waals surface area contributed by atoms with E-state index in [-0.39, 0.29) is 23.2 Å². The van der Waals surface area contributed by atoms with E-state index < -0.39 is 17.8 Å². The van der Waals surface area contributed by atoms with Crippen molar-refractivity contribution >= 4 is 23.9 Å². The van der Waals surface area contributed by atoms with E-state index in [1.165, 1.54) is 85.8 Å². The summed E-state index contributed by atoms with van der Waals surface area (Å²) in [6, 6.07) is 107. The molecule has 0 saturated heterocycles. The Kier molecular flexibility index (Phi) is 32.6. The minimum Gasteiger partial charge on any atom is -0.497 e. The van der Waals surface area contributed by atoms with Gasteiger partial charge in [-0.1, -0.05) is 216 Å². The number of carbonyl (C=O) groups excluding carboxylic acids is 3. The molecule has 716 valence electrons. The number of aromatic carboxylic acids is 1. The zero-order chi connectivity index (χ0) is 101. The molecule has 21 aromatic rings. The molecule has 1 N–H and O–H groups in total. The Morgan fingerprint density at radius 1 is 0.236 bits per heavy atom. The number of carboxylic acids is 1. The lowest BCUT2D eigenvalue weighted by Crippen LogP contribution is -2.02. The quantitative estimate of drug-likeness (QED) is 0.0547. The van der Waals surface area contributed by atoms with Gasteiger partial charge in [-0.05, 0) is 234 Å². The summed E-state index contributed by atoms with van der Waals surface area (Å²) in [4.78, 5) is 55.0. The number of methoxy groups -OCH3 is 5. The fourth-order valence-corrected chi connectivity index (χ4v) is 13.1. The number of rotatable bonds is 20. The first-order valence-electron chi connectivity index (χ1n) is 44.1. The molecule has 39 heteroatoms. The standard InChI is InChI=1S/C16H13FN4O2.C16H14N4O2.C15H12N4O2.C15H14N4O.C15H14N4.C14H10N4O2.C14H12N4O/c1-10-3-8-14(13(17)9-10)21-19-15(18-20-21)11-4-6-12(7-5-11)16(22)23-2;1-11-3-9-14(10-4-11)20-18-15(17-19-20)12-5-7-13(8-6-12)16(21)22-2;1-21-15(20)12-9-7-11(8-10-12)14-16-18-19(17-14)13-5-3-2-4-6-13;1-11-3-5-12(6-4-11)15-16-18-19(17-15)13-7-9-14(20-2)10-8-13;1-11-3-7-13(8-4-11)15-16-18-19(17-15)14-9-5-12(2)6-10-14;19-14(20)11-8-6-10(7-9-11)13-15-17-18(16-13)12-4-2-1-3-5-12;1-19-13-9-7-12(8-10-13)18-16-14(15-17-18)11-5-3-2-4-6-11/h3-9H,1-2H3;3-10H,1-2H3;2-10H,1H3;3-10H,1-2H3;3-10H,1-2H3;1-9H,(H,19,20);2-10H,1H3. The lowest BCUT2D eigenvalue weighted by molar-refractivity contribution is 0.0592. The van der Waals surface area contributed by atoms with Gasteiger partial charge in [-0.2, -0.15) is 0 Å². The molecular weight excluding hydrogens is 1830 g/mol. The van der Waals surface area contributed by atoms with Crippen LogP contribution >= 0.6 is 0 Å². The molecule has 0 amide bonds. The third kappa shape index (κ3) is 26.0. The van der Waals surface area contributed by atoms with Crippen LogP contribution in [0.15, 0.2) is 352 Å². The van der Waals surface area contributed by atoms with Crippen molar-refractivity contribution in [2.45, 2.75) is 34.6 Å². The fraction of sp³-hybridized carbons (Fsp3) is 0.0952. The van der Waals surface area contributed by atoms with E-state index in [0.717, 1.165) is 89.4 Å². The molecule has 0 unspecified atom stereocenters. The van der Waals surface area contributed by atoms with Crippen molar-refractivity contribution in [3.8, 4) is 131 Å². The number of hydrogen-bond donors (Lipinski definition) is 1. The summed E-state index contributed by atoms with van der Waals surface area (Å²) < 4.78 is 38.1. The molecule has 7 heterocycles. The van der Waals surface area contributed by atoms with Crippen LogP contribution in [0.3, 0.4) is 0 Å². The number of aromatic nitrogens is 28. The molecule has 0 saturated carbocycles. The number of esters is 3. The van der Waals surface area contributed by atoms with Crippen molar-refractivity contribution in [2.24, 2.45) is 0 Å². The van der Waals surface area contributed by atoms with E-state index >= 15 is 0 Å². The second-order valence-corrected chi connectivity index (χ2v) is 31.2. The molecule has 0 radical (unpaired) electrons. The van der Waals surface area contributed by atoms with Crippen LogP contribution in [0.4, 0.5) is 4.39 Å². The van der Waals surface area contributed by atoms with Crippen LogP contribution in [0, 0.1) is 40.4 Å². The molecule has 0 aliphatic heterocycles. The zero-order valence-corrected chi connectivity index (χ0v) is 79.0. The van der Waals surface area contributed by atoms with Gasteiger partial charge in [0, 0.05) is 38.9 Å². The van der Waals surface area contributed by atoms with Gasteiger partial charge < -0.3 is 28.8 Å². The lowest BCUT2D eigenvalue weighted by Gasteiger charge is -2.01. The van der Waals surface area contributed by atoms with Gasteiger partial charge in [0.05, 0.1) is 91.9 Å². The normalized spacial score (nSPS) is 10.5. The van der Waals surface area contributed by atoms with Crippen LogP contribution in [-0.4, -0.2) is 206 Å². The number of nitrogens with zero attached hydrogens (tertiary/aromatic N) is 28. The topological polar surface area (TPSA) is 440 Å². The van der Waals surface area contributed by atoms with Gasteiger partial charge in [-0.15, -0.1) is 105 Å². The highest BCUT2D eigenvalue weighted by molar-refractivity contribution is 5.91. The lowest BCUT2D eigenvalue weighted by atomic mass is 10.1. The van der Waals surface area contributed by atoms with E-state index in [0.29, 0.717) is 63.0 Å². The highest BCUT2D eigenvalue weighted by Crippen LogP contribution is 2.26. The number of ether oxygens (including phenoxy) is 5. The molecule has 38 nitrogen and oxygen atoms in total. The molecule has 0 aliphatic rings. The van der Waals surface area contributed by atoms with Crippen LogP contribution in [0.25, 0.3) is 120 Å². The summed E-state index contributed by atoms with van der Waals surface area (Å²) in [5, 5.41) is 95.5. The number of benzene rings is 14. The smallest absolute Gasteiger partial charge is 0.337 e. The zero-order valence-electron chi connectivity index (χ0n) is 79.0. The number of para-hydroxylation sites is 2. The molecule has 144 heavy (non-hydrogen) atoms. The highest BCUT2D eigenvalue weighted by atomic mass is 19.1. The number of tetrazole rings is 7. The van der Waals surface area contributed by atoms with Crippen molar-refractivity contribution < 1.29 is 52.4 Å². The SMILES string of the molecule is COC(=O)c1ccc(-c2nnn(-c3ccc(C)cc3)n2)cc1.COC(=O)c1ccc(-c2nnn(-c3ccc(C)cc3F)n2)cc1.COC(=O)c1ccc(-c2nnn(-c3ccccc3)n2)cc1.COc1ccc(-n2nnc(-c3ccc(C)cc3)n2)cc1.COc1ccc(-n2nnc(-c3ccccc3)n2)cc1.Cc1ccc(-c2nnn(-c3ccc(C)cc3)n2)cc1.O=C(O)c1ccc(-c2nnn(-c3ccccc3)n2)cc1. The maximum atomic E-state index is 13.9. The molecule has 0 spiro atoms. The Balaban J connectivity index is 0.000000127. The molecule has 7 aromatic heterocycles. The van der Waals surface area contributed by atoms with Crippen LogP contribution in [0.2, 0.25) is 0 Å². The number of carboxylic acid groups (broad SMARTS) is 1. The predicted octanol–water partition coefficient (Wildman–Crippen LogP) is 17.1. The number of carbonyl (C=O) groups is 4. The number of aryl methyl sites for hydroxylation is 5. The second-order valence-electron chi connectivity index (χ2n) is 31.2. The molecule has 21 rings (SSSR count). The Bertz CT molecular complexity index is 7710. The maximum absolute atomic E-state index is 13.9. The van der Waals surface area contributed by atoms with Crippen molar-refractivity contribution in [1.82, 2.24) is 141 Å². The van der Waals surface area contributed by atoms with Crippen LogP contribution < -0.4 is 9.47 Å². The van der Waals surface area contributed by atoms with Crippen molar-refractivity contribution in [1.29, 1.82) is 0 Å². The molecule has 0 bridgehead atoms. The summed E-state index contributed by atoms with van der Waals surface area (Å²) in [6.45, 7) is 9.98. The summed E-state index contributed by atoms with van der Waals surface area (Å²) in [6.07, 6.45) is 0. The van der Waals surface area contributed by atoms with Crippen LogP contribution in [0.1, 0.15) is 69.2 Å². The Morgan fingerprint density at radius 3 is 0.694 bits per heavy atom. The van der Waals surface area contributed by atoms with E-state index in [9.17, 15) is 23.6 Å². The van der Waals surface area contributed by atoms with Gasteiger partial charge in [0.2, 0.25) is 40.8 Å². The summed E-state index contributed by atoms with van der Waals surface area (Å²) in [7, 11) is 7.29. The molecule has 0 atom stereocenters. The van der Waals surface area contributed by atoms with Gasteiger partial charge in [0.1, 0.15) is 17.2 Å². The van der Waals surface area contributed by atoms with E-state index in [1.54, 1.807) is 123 Å². The van der Waals surface area contributed by atoms with E-state index in [1.807, 2.05) is 250 Å². The number of halogens is 1. The first kappa shape index (κ1) is 98.5. The Morgan fingerprint density at radius 2 is 0.444 bits per heavy atom. The third-order valence-electron chi connectivity index (χ3n) is 21.1. The minimum atomic E-state index is -0.961. The minimum absolute atomic E-state index is 0.223. The molecule has 14 aromatic carbocycles. The molecule has 0 aliphatic carbocycles. The molecular formula is C105H89FN28O10. The van der Waals surface area contributed by atoms with Gasteiger partial charge in [-0.25, -0.2) is 23.6 Å². The highest BCUT2D eigenvalue weighted by Gasteiger charge is 2.19. The van der Waals surface area contributed by atoms with Crippen molar-refractivity contribution in [3.63, 3.8) is 0 Å². The largest absolute Gasteiger partial charge is 0.497 e. The van der Waals surface area contributed by atoms with Gasteiger partial charge >= 0.3 is 23.9 Å². The van der Waals surface area contributed by atoms with Gasteiger partial charge in [-0.3, -0.25) is 0 Å². The second kappa shape index (κ2) is 47.6. The third-order valence-corrected chi connectivity index (χ3v) is 21.1. The predicted molar refractivity (Wildman–Crippen MR) is 530 cm³/mol. The fourth-order valence-electron chi connectivity index (χ4n) is 13.1. The van der Waals surface area contributed by atoms with E-state index in [2.05, 4.69) is 136 Å². The van der Waals surface area contributed by atoms with Crippen molar-refractivity contribution in [2.75, 3.05) is 35.5 Å². The van der Waals surface area contributed by atoms with E-state index in [4.69, 9.17) is 14.6 Å². The van der Waals surface area contributed by atoms with Crippen LogP contribution in [-0.2, 0) is 14.2 Å². The summed E-state index contributed by atoms with van der Waals surface area (Å²) in [5.41, 5.74) is 18.4. The average Bonchev–Trinajstić information content (AvgIpc) is 1.69. The summed E-state index contributed by atoms with van der Waals surface area (Å²) in [5.74, 6) is 2.68. The average molecular weight is 1920 g/mol. The van der Waals surface area contributed by atoms with Gasteiger partial charge in [0.15, 0.2) is 5.82 Å². The monoisotopic (exact) mass is 1920 g/mol. The first-order valence-corrected chi connectivity index (χ1v) is 44.1. The molecule has 0 fully saturated rings. The first-order chi connectivity index (χ1) is 70.1. The Labute approximate surface area is 822 Å². The maximum Gasteiger partial charge on any atom is 0.337 e. The van der Waals surface area contributed by atoms with Gasteiger partial charge in [0.25, 0.3) is 0 Å². The summed E-state index contributed by atoms with van der Waals surface area (Å²) >= 11 is 0.